The SMILES string of the molecule is C1=CC2c3c(c4ccccc4c4ccccc34)SC2C=C1N(c1ccc(-c2ccccc2)cc1)c1ccc(-n2nc3ccccc3n2)cc1. The Kier molecular flexibility index (Phi) is 6.52. The van der Waals surface area contributed by atoms with Crippen LogP contribution in [0.15, 0.2) is 180 Å². The lowest BCUT2D eigenvalue weighted by molar-refractivity contribution is 0.765. The average Bonchev–Trinajstić information content (AvgIpc) is 3.78. The normalized spacial score (nSPS) is 16.5. The van der Waals surface area contributed by atoms with Crippen LogP contribution >= 0.6 is 11.8 Å². The van der Waals surface area contributed by atoms with Gasteiger partial charge in [0.05, 0.1) is 5.69 Å². The minimum atomic E-state index is 0.287. The van der Waals surface area contributed by atoms with E-state index in [0.717, 1.165) is 28.1 Å². The highest BCUT2D eigenvalue weighted by Gasteiger charge is 2.36. The van der Waals surface area contributed by atoms with Gasteiger partial charge in [-0.25, -0.2) is 0 Å². The first-order valence-electron chi connectivity index (χ1n) is 16.7. The van der Waals surface area contributed by atoms with Crippen LogP contribution in [0.3, 0.4) is 0 Å². The fraction of sp³-hybridized carbons (Fsp3) is 0.0455. The molecule has 1 aliphatic carbocycles. The molecule has 10 rings (SSSR count). The molecule has 4 nitrogen and oxygen atoms in total. The van der Waals surface area contributed by atoms with Crippen molar-refractivity contribution in [2.24, 2.45) is 0 Å². The molecule has 0 saturated heterocycles. The molecule has 2 atom stereocenters. The summed E-state index contributed by atoms with van der Waals surface area (Å²) in [5.74, 6) is 0.308. The summed E-state index contributed by atoms with van der Waals surface area (Å²) < 4.78 is 0. The molecule has 0 saturated carbocycles. The van der Waals surface area contributed by atoms with E-state index in [4.69, 9.17) is 10.2 Å². The number of anilines is 2. The number of hydrogen-bond acceptors (Lipinski definition) is 4. The van der Waals surface area contributed by atoms with Crippen LogP contribution in [0.25, 0.3) is 49.4 Å². The van der Waals surface area contributed by atoms with Gasteiger partial charge >= 0.3 is 0 Å². The summed E-state index contributed by atoms with van der Waals surface area (Å²) in [6, 6.07) is 53.8. The molecule has 0 radical (unpaired) electrons. The monoisotopic (exact) mass is 646 g/mol. The number of fused-ring (bicyclic) bond motifs is 9. The summed E-state index contributed by atoms with van der Waals surface area (Å²) in [4.78, 5) is 5.50. The van der Waals surface area contributed by atoms with Crippen LogP contribution in [0.5, 0.6) is 0 Å². The van der Waals surface area contributed by atoms with Gasteiger partial charge in [-0.1, -0.05) is 109 Å². The standard InChI is InChI=1S/C44H30N4S/c1-2-10-29(11-3-1)30-18-20-31(21-19-30)47(32-22-24-33(25-23-32)48-45-40-16-8-9-17-41(40)46-48)34-26-27-39-42(28-34)49-44-38-15-7-5-13-36(38)35-12-4-6-14-37(35)43(39)44/h1-28,39,42H. The Morgan fingerprint density at radius 3 is 1.78 bits per heavy atom. The molecular formula is C44H30N4S. The van der Waals surface area contributed by atoms with Gasteiger partial charge in [-0.05, 0) is 98.9 Å². The van der Waals surface area contributed by atoms with Crippen molar-refractivity contribution < 1.29 is 0 Å². The van der Waals surface area contributed by atoms with Crippen molar-refractivity contribution in [1.82, 2.24) is 15.0 Å². The van der Waals surface area contributed by atoms with E-state index in [-0.39, 0.29) is 5.25 Å². The predicted molar refractivity (Wildman–Crippen MR) is 204 cm³/mol. The molecule has 0 amide bonds. The van der Waals surface area contributed by atoms with Crippen molar-refractivity contribution in [2.45, 2.75) is 16.1 Å². The maximum absolute atomic E-state index is 4.71. The molecule has 0 spiro atoms. The smallest absolute Gasteiger partial charge is 0.113 e. The maximum Gasteiger partial charge on any atom is 0.113 e. The predicted octanol–water partition coefficient (Wildman–Crippen LogP) is 11.2. The van der Waals surface area contributed by atoms with E-state index in [1.807, 2.05) is 36.0 Å². The quantitative estimate of drug-likeness (QED) is 0.174. The molecule has 5 heteroatoms. The summed E-state index contributed by atoms with van der Waals surface area (Å²) >= 11 is 2.00. The van der Waals surface area contributed by atoms with Crippen LogP contribution < -0.4 is 4.90 Å². The fourth-order valence-corrected chi connectivity index (χ4v) is 9.01. The van der Waals surface area contributed by atoms with Gasteiger partial charge < -0.3 is 4.90 Å². The molecule has 49 heavy (non-hydrogen) atoms. The van der Waals surface area contributed by atoms with Gasteiger partial charge in [-0.2, -0.15) is 4.80 Å². The molecular weight excluding hydrogens is 617 g/mol. The first-order valence-corrected chi connectivity index (χ1v) is 17.5. The number of rotatable bonds is 5. The Labute approximate surface area is 288 Å². The average molecular weight is 647 g/mol. The number of allylic oxidation sites excluding steroid dienone is 2. The summed E-state index contributed by atoms with van der Waals surface area (Å²) in [6.07, 6.45) is 7.22. The second-order valence-electron chi connectivity index (χ2n) is 12.6. The lowest BCUT2D eigenvalue weighted by Gasteiger charge is -2.30. The molecule has 2 aliphatic rings. The Morgan fingerprint density at radius 1 is 0.531 bits per heavy atom. The zero-order valence-electron chi connectivity index (χ0n) is 26.5. The van der Waals surface area contributed by atoms with Gasteiger partial charge in [0.25, 0.3) is 0 Å². The van der Waals surface area contributed by atoms with Crippen molar-refractivity contribution in [3.05, 3.63) is 181 Å². The summed E-state index contributed by atoms with van der Waals surface area (Å²) in [5.41, 5.74) is 9.92. The lowest BCUT2D eigenvalue weighted by atomic mass is 9.86. The van der Waals surface area contributed by atoms with Crippen molar-refractivity contribution >= 4 is 55.7 Å². The van der Waals surface area contributed by atoms with E-state index >= 15 is 0 Å². The molecule has 2 heterocycles. The Balaban J connectivity index is 1.06. The largest absolute Gasteiger partial charge is 0.311 e. The molecule has 1 aliphatic heterocycles. The highest BCUT2D eigenvalue weighted by Crippen LogP contribution is 2.55. The zero-order chi connectivity index (χ0) is 32.3. The van der Waals surface area contributed by atoms with Crippen LogP contribution in [0.4, 0.5) is 11.4 Å². The van der Waals surface area contributed by atoms with Gasteiger partial charge in [0, 0.05) is 33.1 Å². The summed E-state index contributed by atoms with van der Waals surface area (Å²) in [6.45, 7) is 0. The Hall–Kier alpha value is -5.91. The molecule has 7 aromatic carbocycles. The van der Waals surface area contributed by atoms with Gasteiger partial charge in [0.15, 0.2) is 0 Å². The lowest BCUT2D eigenvalue weighted by Crippen LogP contribution is -2.20. The molecule has 1 aromatic heterocycles. The minimum Gasteiger partial charge on any atom is -0.311 e. The first kappa shape index (κ1) is 28.1. The molecule has 232 valence electrons. The number of thioether (sulfide) groups is 1. The van der Waals surface area contributed by atoms with Crippen molar-refractivity contribution in [3.8, 4) is 16.8 Å². The number of aromatic nitrogens is 3. The van der Waals surface area contributed by atoms with Crippen LogP contribution in [-0.2, 0) is 0 Å². The van der Waals surface area contributed by atoms with Crippen LogP contribution in [0, 0.1) is 0 Å². The Bertz CT molecular complexity index is 2550. The van der Waals surface area contributed by atoms with Crippen molar-refractivity contribution in [1.29, 1.82) is 0 Å². The number of hydrogen-bond donors (Lipinski definition) is 0. The fourth-order valence-electron chi connectivity index (χ4n) is 7.48. The van der Waals surface area contributed by atoms with E-state index in [0.29, 0.717) is 5.92 Å². The third kappa shape index (κ3) is 4.69. The van der Waals surface area contributed by atoms with E-state index < -0.39 is 0 Å². The highest BCUT2D eigenvalue weighted by atomic mass is 32.2. The minimum absolute atomic E-state index is 0.287. The van der Waals surface area contributed by atoms with E-state index in [1.54, 1.807) is 4.80 Å². The van der Waals surface area contributed by atoms with Gasteiger partial charge in [0.1, 0.15) is 11.0 Å². The highest BCUT2D eigenvalue weighted by molar-refractivity contribution is 8.00. The summed E-state index contributed by atoms with van der Waals surface area (Å²) in [5, 5.41) is 15.1. The molecule has 8 aromatic rings. The van der Waals surface area contributed by atoms with Crippen molar-refractivity contribution in [3.63, 3.8) is 0 Å². The number of nitrogens with zero attached hydrogens (tertiary/aromatic N) is 4. The maximum atomic E-state index is 4.71. The van der Waals surface area contributed by atoms with Gasteiger partial charge in [-0.3, -0.25) is 0 Å². The first-order chi connectivity index (χ1) is 24.3. The van der Waals surface area contributed by atoms with Crippen LogP contribution in [0.1, 0.15) is 11.5 Å². The second-order valence-corrected chi connectivity index (χ2v) is 13.8. The van der Waals surface area contributed by atoms with Gasteiger partial charge in [-0.15, -0.1) is 22.0 Å². The zero-order valence-corrected chi connectivity index (χ0v) is 27.3. The second kappa shape index (κ2) is 11.4. The van der Waals surface area contributed by atoms with Crippen LogP contribution in [-0.4, -0.2) is 20.2 Å². The topological polar surface area (TPSA) is 34.0 Å². The third-order valence-corrected chi connectivity index (χ3v) is 11.2. The van der Waals surface area contributed by atoms with E-state index in [1.165, 1.54) is 48.8 Å². The van der Waals surface area contributed by atoms with E-state index in [9.17, 15) is 0 Å². The van der Waals surface area contributed by atoms with E-state index in [2.05, 4.69) is 151 Å². The molecule has 0 fully saturated rings. The molecule has 0 N–H and O–H groups in total. The van der Waals surface area contributed by atoms with Crippen molar-refractivity contribution in [2.75, 3.05) is 4.90 Å². The van der Waals surface area contributed by atoms with Crippen LogP contribution in [0.2, 0.25) is 0 Å². The molecule has 0 bridgehead atoms. The third-order valence-electron chi connectivity index (χ3n) is 9.79. The summed E-state index contributed by atoms with van der Waals surface area (Å²) in [7, 11) is 0. The Morgan fingerprint density at radius 2 is 1.08 bits per heavy atom. The molecule has 2 unspecified atom stereocenters. The van der Waals surface area contributed by atoms with Gasteiger partial charge in [0.2, 0.25) is 0 Å². The number of benzene rings is 7.